The van der Waals surface area contributed by atoms with Crippen LogP contribution in [0.1, 0.15) is 65.7 Å². The molecule has 0 radical (unpaired) electrons. The van der Waals surface area contributed by atoms with Gasteiger partial charge < -0.3 is 9.64 Å². The molecule has 1 heterocycles. The van der Waals surface area contributed by atoms with Crippen molar-refractivity contribution < 1.29 is 9.53 Å². The molecule has 1 saturated heterocycles. The Morgan fingerprint density at radius 3 is 2.29 bits per heavy atom. The molecule has 0 aromatic rings. The Hall–Kier alpha value is 0. The topological polar surface area (TPSA) is 29.5 Å². The number of carbonyl (C=O) groups is 1. The van der Waals surface area contributed by atoms with Gasteiger partial charge in [0.25, 0.3) is 0 Å². The molecule has 0 aromatic carbocycles. The second-order valence-corrected chi connectivity index (χ2v) is 10.9. The highest BCUT2D eigenvalue weighted by molar-refractivity contribution is 14.1. The maximum atomic E-state index is 12.0. The second kappa shape index (κ2) is 5.27. The SMILES string of the molecule is CC(C)(C)OC(=O)N1CCC(CCC23CC(I)(C2)C3)CC1. The monoisotopic (exact) mass is 405 g/mol. The highest BCUT2D eigenvalue weighted by Gasteiger charge is 2.65. The van der Waals surface area contributed by atoms with Gasteiger partial charge in [0.1, 0.15) is 5.60 Å². The zero-order chi connectivity index (χ0) is 15.3. The molecule has 4 rings (SSSR count). The highest BCUT2D eigenvalue weighted by Crippen LogP contribution is 2.73. The molecule has 0 spiro atoms. The smallest absolute Gasteiger partial charge is 0.410 e. The molecule has 4 fully saturated rings. The number of hydrogen-bond donors (Lipinski definition) is 0. The average Bonchev–Trinajstić information content (AvgIpc) is 2.30. The number of hydrogen-bond acceptors (Lipinski definition) is 2. The first kappa shape index (κ1) is 15.9. The minimum absolute atomic E-state index is 0.132. The van der Waals surface area contributed by atoms with Crippen molar-refractivity contribution in [3.63, 3.8) is 0 Å². The summed E-state index contributed by atoms with van der Waals surface area (Å²) in [5, 5.41) is 0. The van der Waals surface area contributed by atoms with E-state index >= 15 is 0 Å². The Morgan fingerprint density at radius 2 is 1.81 bits per heavy atom. The minimum Gasteiger partial charge on any atom is -0.444 e. The summed E-state index contributed by atoms with van der Waals surface area (Å²) >= 11 is 2.66. The molecule has 3 nitrogen and oxygen atoms in total. The van der Waals surface area contributed by atoms with Crippen molar-refractivity contribution in [2.75, 3.05) is 13.1 Å². The van der Waals surface area contributed by atoms with Gasteiger partial charge in [0.2, 0.25) is 0 Å². The predicted octanol–water partition coefficient (Wildman–Crippen LogP) is 4.77. The molecular weight excluding hydrogens is 377 g/mol. The van der Waals surface area contributed by atoms with E-state index < -0.39 is 0 Å². The maximum absolute atomic E-state index is 12.0. The summed E-state index contributed by atoms with van der Waals surface area (Å²) in [6, 6.07) is 0. The molecule has 0 unspecified atom stereocenters. The Balaban J connectivity index is 1.36. The fourth-order valence-corrected chi connectivity index (χ4v) is 6.79. The number of amides is 1. The van der Waals surface area contributed by atoms with E-state index in [1.807, 2.05) is 25.7 Å². The van der Waals surface area contributed by atoms with Gasteiger partial charge in [0.15, 0.2) is 0 Å². The van der Waals surface area contributed by atoms with Crippen molar-refractivity contribution in [1.29, 1.82) is 0 Å². The van der Waals surface area contributed by atoms with Crippen LogP contribution < -0.4 is 0 Å². The molecule has 0 aromatic heterocycles. The maximum Gasteiger partial charge on any atom is 0.410 e. The van der Waals surface area contributed by atoms with Crippen LogP contribution in [0.5, 0.6) is 0 Å². The van der Waals surface area contributed by atoms with Gasteiger partial charge in [-0.25, -0.2) is 4.79 Å². The first-order valence-electron chi connectivity index (χ1n) is 8.36. The zero-order valence-electron chi connectivity index (χ0n) is 13.6. The van der Waals surface area contributed by atoms with Gasteiger partial charge in [0.05, 0.1) is 0 Å². The number of rotatable bonds is 3. The number of piperidine rings is 1. The van der Waals surface area contributed by atoms with Crippen LogP contribution >= 0.6 is 22.6 Å². The lowest BCUT2D eigenvalue weighted by Gasteiger charge is -2.69. The van der Waals surface area contributed by atoms with Crippen LogP contribution in [0.2, 0.25) is 0 Å². The quantitative estimate of drug-likeness (QED) is 0.500. The summed E-state index contributed by atoms with van der Waals surface area (Å²) in [7, 11) is 0. The molecular formula is C17H28INO2. The molecule has 21 heavy (non-hydrogen) atoms. The van der Waals surface area contributed by atoms with Crippen LogP contribution in [0.4, 0.5) is 4.79 Å². The molecule has 3 saturated carbocycles. The van der Waals surface area contributed by atoms with Crippen LogP contribution in [0, 0.1) is 11.3 Å². The predicted molar refractivity (Wildman–Crippen MR) is 92.8 cm³/mol. The molecule has 4 heteroatoms. The summed E-state index contributed by atoms with van der Waals surface area (Å²) in [5.41, 5.74) is 0.358. The number of nitrogens with zero attached hydrogens (tertiary/aromatic N) is 1. The lowest BCUT2D eigenvalue weighted by atomic mass is 9.43. The molecule has 1 aliphatic heterocycles. The third-order valence-corrected chi connectivity index (χ3v) is 6.57. The van der Waals surface area contributed by atoms with E-state index in [1.54, 1.807) is 0 Å². The molecule has 120 valence electrons. The molecule has 0 atom stereocenters. The summed E-state index contributed by atoms with van der Waals surface area (Å²) in [6.07, 6.45) is 9.39. The number of carbonyl (C=O) groups excluding carboxylic acids is 1. The van der Waals surface area contributed by atoms with Gasteiger partial charge in [-0.3, -0.25) is 0 Å². The van der Waals surface area contributed by atoms with Crippen molar-refractivity contribution in [3.05, 3.63) is 0 Å². The van der Waals surface area contributed by atoms with E-state index in [0.29, 0.717) is 3.42 Å². The second-order valence-electron chi connectivity index (χ2n) is 8.63. The summed E-state index contributed by atoms with van der Waals surface area (Å²) in [6.45, 7) is 7.55. The molecule has 1 amide bonds. The minimum atomic E-state index is -0.381. The molecule has 4 aliphatic rings. The van der Waals surface area contributed by atoms with E-state index in [2.05, 4.69) is 22.6 Å². The summed E-state index contributed by atoms with van der Waals surface area (Å²) in [5.74, 6) is 0.822. The van der Waals surface area contributed by atoms with E-state index in [9.17, 15) is 4.79 Å². The standard InChI is InChI=1S/C17H28INO2/c1-15(2,3)21-14(20)19-8-5-13(6-9-19)4-7-16-10-17(18,11-16)12-16/h13H,4-12H2,1-3H3. The van der Waals surface area contributed by atoms with Crippen molar-refractivity contribution in [1.82, 2.24) is 4.90 Å². The van der Waals surface area contributed by atoms with Gasteiger partial charge in [-0.1, -0.05) is 22.6 Å². The van der Waals surface area contributed by atoms with E-state index in [-0.39, 0.29) is 11.7 Å². The van der Waals surface area contributed by atoms with Crippen LogP contribution in [-0.4, -0.2) is 33.1 Å². The number of ether oxygens (including phenoxy) is 1. The zero-order valence-corrected chi connectivity index (χ0v) is 15.7. The lowest BCUT2D eigenvalue weighted by Crippen LogP contribution is -2.63. The van der Waals surface area contributed by atoms with Crippen LogP contribution in [0.15, 0.2) is 0 Å². The van der Waals surface area contributed by atoms with Crippen LogP contribution in [0.25, 0.3) is 0 Å². The number of likely N-dealkylation sites (tertiary alicyclic amines) is 1. The highest BCUT2D eigenvalue weighted by atomic mass is 127. The van der Waals surface area contributed by atoms with Crippen molar-refractivity contribution in [2.45, 2.75) is 74.7 Å². The molecule has 0 N–H and O–H groups in total. The Kier molecular flexibility index (Phi) is 3.99. The van der Waals surface area contributed by atoms with E-state index in [1.165, 1.54) is 32.1 Å². The van der Waals surface area contributed by atoms with Gasteiger partial charge in [0, 0.05) is 16.5 Å². The van der Waals surface area contributed by atoms with Crippen molar-refractivity contribution >= 4 is 28.7 Å². The Bertz CT molecular complexity index is 401. The largest absolute Gasteiger partial charge is 0.444 e. The van der Waals surface area contributed by atoms with Crippen molar-refractivity contribution in [3.8, 4) is 0 Å². The fourth-order valence-electron chi connectivity index (χ4n) is 4.37. The number of halogens is 1. The molecule has 3 aliphatic carbocycles. The lowest BCUT2D eigenvalue weighted by molar-refractivity contribution is -0.0750. The van der Waals surface area contributed by atoms with Gasteiger partial charge in [-0.2, -0.15) is 0 Å². The van der Waals surface area contributed by atoms with E-state index in [4.69, 9.17) is 4.74 Å². The first-order chi connectivity index (χ1) is 9.69. The normalized spacial score (nSPS) is 35.9. The molecule has 2 bridgehead atoms. The van der Waals surface area contributed by atoms with Gasteiger partial charge in [-0.05, 0) is 77.0 Å². The van der Waals surface area contributed by atoms with Crippen LogP contribution in [0.3, 0.4) is 0 Å². The first-order valence-corrected chi connectivity index (χ1v) is 9.44. The Labute approximate surface area is 142 Å². The fraction of sp³-hybridized carbons (Fsp3) is 0.941. The summed E-state index contributed by atoms with van der Waals surface area (Å²) < 4.78 is 6.16. The van der Waals surface area contributed by atoms with Crippen LogP contribution in [-0.2, 0) is 4.74 Å². The van der Waals surface area contributed by atoms with Gasteiger partial charge >= 0.3 is 6.09 Å². The number of alkyl halides is 1. The van der Waals surface area contributed by atoms with Gasteiger partial charge in [-0.15, -0.1) is 0 Å². The third-order valence-electron chi connectivity index (χ3n) is 5.42. The summed E-state index contributed by atoms with van der Waals surface area (Å²) in [4.78, 5) is 13.9. The Morgan fingerprint density at radius 1 is 1.24 bits per heavy atom. The average molecular weight is 405 g/mol. The van der Waals surface area contributed by atoms with E-state index in [0.717, 1.165) is 37.3 Å². The third kappa shape index (κ3) is 3.50. The van der Waals surface area contributed by atoms with Crippen molar-refractivity contribution in [2.24, 2.45) is 11.3 Å².